The first kappa shape index (κ1) is 28.2. The summed E-state index contributed by atoms with van der Waals surface area (Å²) in [6, 6.07) is 18.3. The Hall–Kier alpha value is -3.86. The van der Waals surface area contributed by atoms with Gasteiger partial charge in [0.15, 0.2) is 6.20 Å². The van der Waals surface area contributed by atoms with Crippen molar-refractivity contribution in [3.05, 3.63) is 72.4 Å². The zero-order chi connectivity index (χ0) is 27.6. The first-order valence-corrected chi connectivity index (χ1v) is 13.6. The van der Waals surface area contributed by atoms with Gasteiger partial charge in [-0.3, -0.25) is 14.4 Å². The van der Waals surface area contributed by atoms with E-state index >= 15 is 0 Å². The molecule has 0 bridgehead atoms. The molecular formula is C29H39N7O3+2. The fourth-order valence-electron chi connectivity index (χ4n) is 4.98. The largest absolute Gasteiger partial charge is 0.356 e. The van der Waals surface area contributed by atoms with Gasteiger partial charge in [0.05, 0.1) is 25.0 Å². The van der Waals surface area contributed by atoms with Gasteiger partial charge in [0.2, 0.25) is 23.2 Å². The Labute approximate surface area is 228 Å². The topological polar surface area (TPSA) is 158 Å². The lowest BCUT2D eigenvalue weighted by atomic mass is 10.0. The van der Waals surface area contributed by atoms with Crippen molar-refractivity contribution in [2.45, 2.75) is 31.3 Å². The highest BCUT2D eigenvalue weighted by molar-refractivity contribution is 5.98. The molecule has 1 aliphatic rings. The summed E-state index contributed by atoms with van der Waals surface area (Å²) in [7, 11) is 0. The van der Waals surface area contributed by atoms with E-state index in [0.717, 1.165) is 16.5 Å². The van der Waals surface area contributed by atoms with Gasteiger partial charge in [-0.05, 0) is 37.0 Å². The molecule has 2 heterocycles. The molecular weight excluding hydrogens is 494 g/mol. The molecule has 3 amide bonds. The third-order valence-corrected chi connectivity index (χ3v) is 7.06. The number of nitrogens with one attached hydrogen (secondary N) is 4. The van der Waals surface area contributed by atoms with Gasteiger partial charge in [0, 0.05) is 31.1 Å². The van der Waals surface area contributed by atoms with Crippen LogP contribution in [0.1, 0.15) is 18.4 Å². The number of anilines is 1. The number of carbonyl (C=O) groups is 3. The molecule has 1 saturated heterocycles. The minimum absolute atomic E-state index is 0.0159. The van der Waals surface area contributed by atoms with E-state index in [1.165, 1.54) is 0 Å². The molecule has 3 aromatic rings. The monoisotopic (exact) mass is 533 g/mol. The second-order valence-corrected chi connectivity index (χ2v) is 9.91. The van der Waals surface area contributed by atoms with Crippen LogP contribution >= 0.6 is 0 Å². The van der Waals surface area contributed by atoms with Crippen molar-refractivity contribution in [2.75, 3.05) is 38.0 Å². The number of H-pyrrole nitrogens is 1. The molecule has 0 radical (unpaired) electrons. The summed E-state index contributed by atoms with van der Waals surface area (Å²) >= 11 is 0. The summed E-state index contributed by atoms with van der Waals surface area (Å²) in [6.45, 7) is 2.39. The van der Waals surface area contributed by atoms with Gasteiger partial charge < -0.3 is 32.3 Å². The minimum atomic E-state index is -0.749. The average Bonchev–Trinajstić information content (AvgIpc) is 3.46. The van der Waals surface area contributed by atoms with Crippen molar-refractivity contribution in [3.63, 3.8) is 0 Å². The Kier molecular flexibility index (Phi) is 9.96. The molecule has 1 aliphatic heterocycles. The van der Waals surface area contributed by atoms with Crippen molar-refractivity contribution >= 4 is 34.3 Å². The van der Waals surface area contributed by atoms with Crippen LogP contribution in [0.2, 0.25) is 0 Å². The number of pyridine rings is 1. The molecule has 2 aromatic carbocycles. The van der Waals surface area contributed by atoms with Crippen molar-refractivity contribution in [2.24, 2.45) is 11.7 Å². The number of hydrogen-bond donors (Lipinski definition) is 5. The first-order valence-electron chi connectivity index (χ1n) is 13.6. The SMILES string of the molecule is NCCN(CC[NH3+])C(=O)[C@@H]1CN[C@H](C(=O)N[C@@H](CCc2ccccc2)C(=O)Nc2c[nH+]c3ccccc3c2)C1. The summed E-state index contributed by atoms with van der Waals surface area (Å²) in [6.07, 6.45) is 3.17. The van der Waals surface area contributed by atoms with E-state index in [0.29, 0.717) is 57.7 Å². The summed E-state index contributed by atoms with van der Waals surface area (Å²) in [5, 5.41) is 10.0. The molecule has 1 aromatic heterocycles. The average molecular weight is 534 g/mol. The first-order chi connectivity index (χ1) is 19.0. The van der Waals surface area contributed by atoms with Gasteiger partial charge in [-0.25, -0.2) is 4.98 Å². The number of aryl methyl sites for hydroxylation is 1. The summed E-state index contributed by atoms with van der Waals surface area (Å²) < 4.78 is 0. The van der Waals surface area contributed by atoms with E-state index in [9.17, 15) is 14.4 Å². The van der Waals surface area contributed by atoms with Crippen LogP contribution in [-0.2, 0) is 20.8 Å². The number of amides is 3. The number of hydrogen-bond acceptors (Lipinski definition) is 5. The molecule has 0 unspecified atom stereocenters. The van der Waals surface area contributed by atoms with E-state index in [-0.39, 0.29) is 23.6 Å². The Bertz CT molecular complexity index is 1260. The number of para-hydroxylation sites is 1. The molecule has 39 heavy (non-hydrogen) atoms. The summed E-state index contributed by atoms with van der Waals surface area (Å²) in [5.74, 6) is -0.911. The number of rotatable bonds is 12. The van der Waals surface area contributed by atoms with Crippen molar-refractivity contribution in [3.8, 4) is 0 Å². The standard InChI is InChI=1S/C29H37N7O3/c30-12-14-36(15-13-31)29(39)22-17-26(32-18-22)28(38)35-25(11-10-20-6-2-1-3-7-20)27(37)34-23-16-21-8-4-5-9-24(21)33-19-23/h1-9,16,19,22,25-26,32H,10-15,17-18,30-31H2,(H,34,37)(H,35,38)/p+2/t22-,25-,26-/m0/s1. The third-order valence-electron chi connectivity index (χ3n) is 7.06. The minimum Gasteiger partial charge on any atom is -0.356 e. The smallest absolute Gasteiger partial charge is 0.247 e. The summed E-state index contributed by atoms with van der Waals surface area (Å²) in [4.78, 5) is 44.6. The lowest BCUT2D eigenvalue weighted by Crippen LogP contribution is -2.56. The number of quaternary nitrogens is 1. The molecule has 3 atom stereocenters. The Morgan fingerprint density at radius 3 is 2.64 bits per heavy atom. The molecule has 10 heteroatoms. The Morgan fingerprint density at radius 1 is 1.10 bits per heavy atom. The van der Waals surface area contributed by atoms with E-state index in [1.54, 1.807) is 11.1 Å². The van der Waals surface area contributed by atoms with Crippen LogP contribution in [0.5, 0.6) is 0 Å². The second kappa shape index (κ2) is 13.8. The Balaban J connectivity index is 1.42. The lowest BCUT2D eigenvalue weighted by molar-refractivity contribution is -0.368. The van der Waals surface area contributed by atoms with Gasteiger partial charge in [0.25, 0.3) is 0 Å². The number of fused-ring (bicyclic) bond motifs is 1. The molecule has 4 rings (SSSR count). The molecule has 0 saturated carbocycles. The zero-order valence-electron chi connectivity index (χ0n) is 22.2. The molecule has 0 spiro atoms. The van der Waals surface area contributed by atoms with Crippen LogP contribution in [0.15, 0.2) is 66.9 Å². The number of benzene rings is 2. The van der Waals surface area contributed by atoms with Crippen LogP contribution in [0.4, 0.5) is 5.69 Å². The maximum atomic E-state index is 13.4. The molecule has 0 aliphatic carbocycles. The van der Waals surface area contributed by atoms with E-state index < -0.39 is 12.1 Å². The highest BCUT2D eigenvalue weighted by Crippen LogP contribution is 2.18. The highest BCUT2D eigenvalue weighted by atomic mass is 16.2. The predicted octanol–water partition coefficient (Wildman–Crippen LogP) is -0.283. The van der Waals surface area contributed by atoms with Crippen molar-refractivity contribution in [1.29, 1.82) is 0 Å². The molecule has 10 nitrogen and oxygen atoms in total. The van der Waals surface area contributed by atoms with Crippen molar-refractivity contribution in [1.82, 2.24) is 15.5 Å². The number of aromatic nitrogens is 1. The summed E-state index contributed by atoms with van der Waals surface area (Å²) in [5.41, 5.74) is 12.2. The van der Waals surface area contributed by atoms with Gasteiger partial charge in [-0.2, -0.15) is 0 Å². The third kappa shape index (κ3) is 7.60. The lowest BCUT2D eigenvalue weighted by Gasteiger charge is -2.23. The molecule has 9 N–H and O–H groups in total. The maximum Gasteiger partial charge on any atom is 0.247 e. The maximum absolute atomic E-state index is 13.4. The van der Waals surface area contributed by atoms with E-state index in [1.807, 2.05) is 60.7 Å². The predicted molar refractivity (Wildman–Crippen MR) is 149 cm³/mol. The molecule has 1 fully saturated rings. The van der Waals surface area contributed by atoms with Crippen LogP contribution in [-0.4, -0.2) is 67.4 Å². The van der Waals surface area contributed by atoms with Gasteiger partial charge >= 0.3 is 0 Å². The molecule has 206 valence electrons. The quantitative estimate of drug-likeness (QED) is 0.216. The van der Waals surface area contributed by atoms with Gasteiger partial charge in [0.1, 0.15) is 11.7 Å². The number of aromatic amines is 1. The zero-order valence-corrected chi connectivity index (χ0v) is 22.2. The number of carbonyl (C=O) groups excluding carboxylic acids is 3. The Morgan fingerprint density at radius 2 is 1.87 bits per heavy atom. The van der Waals surface area contributed by atoms with E-state index in [2.05, 4.69) is 26.7 Å². The van der Waals surface area contributed by atoms with Crippen LogP contribution in [0.3, 0.4) is 0 Å². The van der Waals surface area contributed by atoms with Gasteiger partial charge in [-0.15, -0.1) is 0 Å². The fourth-order valence-corrected chi connectivity index (χ4v) is 4.98. The second-order valence-electron chi connectivity index (χ2n) is 9.91. The number of nitrogens with two attached hydrogens (primary N) is 1. The van der Waals surface area contributed by atoms with Crippen LogP contribution in [0.25, 0.3) is 10.9 Å². The van der Waals surface area contributed by atoms with E-state index in [4.69, 9.17) is 5.73 Å². The van der Waals surface area contributed by atoms with Crippen LogP contribution < -0.4 is 32.4 Å². The fraction of sp³-hybridized carbons (Fsp3) is 0.379. The van der Waals surface area contributed by atoms with Crippen molar-refractivity contribution < 1.29 is 25.1 Å². The van der Waals surface area contributed by atoms with Crippen LogP contribution in [0, 0.1) is 5.92 Å². The number of nitrogens with zero attached hydrogens (tertiary/aromatic N) is 1. The highest BCUT2D eigenvalue weighted by Gasteiger charge is 2.36. The van der Waals surface area contributed by atoms with Gasteiger partial charge in [-0.1, -0.05) is 42.5 Å². The normalized spacial score (nSPS) is 17.5.